The molecule has 9 heteroatoms. The lowest BCUT2D eigenvalue weighted by Gasteiger charge is -2.20. The van der Waals surface area contributed by atoms with Gasteiger partial charge in [-0.25, -0.2) is 13.1 Å². The number of ether oxygens (including phenoxy) is 1. The first-order chi connectivity index (χ1) is 10.5. The van der Waals surface area contributed by atoms with Crippen LogP contribution in [0.3, 0.4) is 0 Å². The normalized spacial score (nSPS) is 17.5. The number of hydrogen-bond donors (Lipinski definition) is 1. The van der Waals surface area contributed by atoms with Gasteiger partial charge in [0.2, 0.25) is 10.0 Å². The Morgan fingerprint density at radius 1 is 1.45 bits per heavy atom. The smallest absolute Gasteiger partial charge is 0.240 e. The third kappa shape index (κ3) is 3.95. The molecule has 0 aliphatic heterocycles. The first kappa shape index (κ1) is 16.7. The number of azide groups is 1. The predicted octanol–water partition coefficient (Wildman–Crippen LogP) is 2.46. The first-order valence-corrected chi connectivity index (χ1v) is 8.25. The fourth-order valence-electron chi connectivity index (χ4n) is 2.08. The Morgan fingerprint density at radius 2 is 2.09 bits per heavy atom. The Bertz CT molecular complexity index is 654. The molecule has 7 nitrogen and oxygen atoms in total. The Hall–Kier alpha value is -1.67. The minimum atomic E-state index is -3.53. The molecule has 0 spiro atoms. The van der Waals surface area contributed by atoms with Crippen LogP contribution in [-0.2, 0) is 14.8 Å². The van der Waals surface area contributed by atoms with Crippen molar-refractivity contribution in [1.29, 1.82) is 0 Å². The molecule has 0 saturated heterocycles. The molecule has 0 unspecified atom stereocenters. The third-order valence-corrected chi connectivity index (χ3v) is 4.92. The fourth-order valence-corrected chi connectivity index (χ4v) is 3.38. The minimum absolute atomic E-state index is 0.0253. The molecule has 1 saturated carbocycles. The van der Waals surface area contributed by atoms with Crippen molar-refractivity contribution >= 4 is 10.0 Å². The van der Waals surface area contributed by atoms with Crippen LogP contribution < -0.4 is 4.72 Å². The van der Waals surface area contributed by atoms with Crippen molar-refractivity contribution in [3.05, 3.63) is 40.3 Å². The SMILES string of the molecule is CO[C@H](c1ccc(S(=O)(=O)NC2CC2)cc1)[C@@H](CF)N=[N+]=[N-]. The van der Waals surface area contributed by atoms with Gasteiger partial charge < -0.3 is 4.74 Å². The zero-order chi connectivity index (χ0) is 16.2. The molecular weight excluding hydrogens is 311 g/mol. The van der Waals surface area contributed by atoms with Crippen molar-refractivity contribution in [3.63, 3.8) is 0 Å². The van der Waals surface area contributed by atoms with Crippen LogP contribution in [0.25, 0.3) is 10.4 Å². The van der Waals surface area contributed by atoms with Gasteiger partial charge in [0.1, 0.15) is 6.67 Å². The van der Waals surface area contributed by atoms with Gasteiger partial charge in [-0.2, -0.15) is 0 Å². The highest BCUT2D eigenvalue weighted by atomic mass is 32.2. The number of hydrogen-bond acceptors (Lipinski definition) is 4. The zero-order valence-corrected chi connectivity index (χ0v) is 12.8. The molecule has 120 valence electrons. The molecule has 2 atom stereocenters. The second-order valence-corrected chi connectivity index (χ2v) is 6.76. The fraction of sp³-hybridized carbons (Fsp3) is 0.538. The molecule has 1 aliphatic carbocycles. The number of sulfonamides is 1. The van der Waals surface area contributed by atoms with Gasteiger partial charge in [0.15, 0.2) is 0 Å². The summed E-state index contributed by atoms with van der Waals surface area (Å²) in [6.45, 7) is -0.869. The molecular formula is C13H17FN4O3S. The highest BCUT2D eigenvalue weighted by Crippen LogP contribution is 2.26. The molecule has 0 bridgehead atoms. The Morgan fingerprint density at radius 3 is 2.55 bits per heavy atom. The molecule has 1 fully saturated rings. The number of alkyl halides is 1. The number of benzene rings is 1. The number of nitrogens with one attached hydrogen (secondary N) is 1. The summed E-state index contributed by atoms with van der Waals surface area (Å²) in [5.41, 5.74) is 8.99. The molecule has 0 heterocycles. The van der Waals surface area contributed by atoms with Crippen LogP contribution in [0, 0.1) is 0 Å². The van der Waals surface area contributed by atoms with E-state index < -0.39 is 28.8 Å². The predicted molar refractivity (Wildman–Crippen MR) is 78.4 cm³/mol. The van der Waals surface area contributed by atoms with Gasteiger partial charge in [0.25, 0.3) is 0 Å². The van der Waals surface area contributed by atoms with E-state index in [1.807, 2.05) is 0 Å². The summed E-state index contributed by atoms with van der Waals surface area (Å²) in [5, 5.41) is 3.36. The summed E-state index contributed by atoms with van der Waals surface area (Å²) in [6.07, 6.45) is 0.940. The average Bonchev–Trinajstić information content (AvgIpc) is 3.31. The van der Waals surface area contributed by atoms with Crippen molar-refractivity contribution in [3.8, 4) is 0 Å². The number of methoxy groups -OCH3 is 1. The van der Waals surface area contributed by atoms with Gasteiger partial charge in [-0.3, -0.25) is 4.39 Å². The van der Waals surface area contributed by atoms with E-state index in [1.165, 1.54) is 31.4 Å². The molecule has 1 N–H and O–H groups in total. The largest absolute Gasteiger partial charge is 0.376 e. The Kier molecular flexibility index (Phi) is 5.36. The minimum Gasteiger partial charge on any atom is -0.376 e. The van der Waals surface area contributed by atoms with Gasteiger partial charge in [-0.15, -0.1) is 0 Å². The van der Waals surface area contributed by atoms with Crippen LogP contribution in [0.1, 0.15) is 24.5 Å². The summed E-state index contributed by atoms with van der Waals surface area (Å²) in [5.74, 6) is 0. The Balaban J connectivity index is 2.20. The highest BCUT2D eigenvalue weighted by Gasteiger charge is 2.28. The molecule has 1 aromatic carbocycles. The summed E-state index contributed by atoms with van der Waals surface area (Å²) in [4.78, 5) is 2.73. The molecule has 0 amide bonds. The van der Waals surface area contributed by atoms with E-state index in [1.54, 1.807) is 0 Å². The maximum atomic E-state index is 12.9. The van der Waals surface area contributed by atoms with Crippen molar-refractivity contribution in [2.45, 2.75) is 35.9 Å². The first-order valence-electron chi connectivity index (χ1n) is 6.77. The molecule has 0 radical (unpaired) electrons. The molecule has 1 aliphatic rings. The third-order valence-electron chi connectivity index (χ3n) is 3.38. The molecule has 22 heavy (non-hydrogen) atoms. The van der Waals surface area contributed by atoms with Crippen LogP contribution in [-0.4, -0.2) is 34.3 Å². The lowest BCUT2D eigenvalue weighted by atomic mass is 10.0. The maximum absolute atomic E-state index is 12.9. The summed E-state index contributed by atoms with van der Waals surface area (Å²) >= 11 is 0. The molecule has 1 aromatic rings. The second-order valence-electron chi connectivity index (χ2n) is 5.05. The van der Waals surface area contributed by atoms with Crippen LogP contribution in [0.2, 0.25) is 0 Å². The van der Waals surface area contributed by atoms with Gasteiger partial charge in [-0.05, 0) is 36.1 Å². The highest BCUT2D eigenvalue weighted by molar-refractivity contribution is 7.89. The monoisotopic (exact) mass is 328 g/mol. The number of nitrogens with zero attached hydrogens (tertiary/aromatic N) is 3. The van der Waals surface area contributed by atoms with Gasteiger partial charge in [0.05, 0.1) is 17.0 Å². The lowest BCUT2D eigenvalue weighted by Crippen LogP contribution is -2.26. The van der Waals surface area contributed by atoms with E-state index in [0.29, 0.717) is 5.56 Å². The van der Waals surface area contributed by atoms with Gasteiger partial charge >= 0.3 is 0 Å². The quantitative estimate of drug-likeness (QED) is 0.450. The van der Waals surface area contributed by atoms with Gasteiger partial charge in [0, 0.05) is 18.1 Å². The summed E-state index contributed by atoms with van der Waals surface area (Å²) < 4.78 is 44.8. The van der Waals surface area contributed by atoms with E-state index in [4.69, 9.17) is 10.3 Å². The molecule has 0 aromatic heterocycles. The van der Waals surface area contributed by atoms with Crippen molar-refractivity contribution in [1.82, 2.24) is 4.72 Å². The topological polar surface area (TPSA) is 104 Å². The summed E-state index contributed by atoms with van der Waals surface area (Å²) in [6, 6.07) is 4.95. The van der Waals surface area contributed by atoms with Crippen LogP contribution in [0.4, 0.5) is 4.39 Å². The van der Waals surface area contributed by atoms with Crippen LogP contribution in [0.15, 0.2) is 34.3 Å². The lowest BCUT2D eigenvalue weighted by molar-refractivity contribution is 0.0721. The van der Waals surface area contributed by atoms with Crippen molar-refractivity contribution < 1.29 is 17.5 Å². The Labute approximate surface area is 128 Å². The van der Waals surface area contributed by atoms with E-state index in [2.05, 4.69) is 14.7 Å². The van der Waals surface area contributed by atoms with Crippen LogP contribution in [0.5, 0.6) is 0 Å². The van der Waals surface area contributed by atoms with Crippen molar-refractivity contribution in [2.75, 3.05) is 13.8 Å². The average molecular weight is 328 g/mol. The standard InChI is InChI=1S/C13H17FN4O3S/c1-21-13(12(8-14)16-18-15)9-2-6-11(7-3-9)22(19,20)17-10-4-5-10/h2-3,6-7,10,12-13,17H,4-5,8H2,1H3/t12-,13-/m1/s1. The van der Waals surface area contributed by atoms with E-state index in [-0.39, 0.29) is 10.9 Å². The zero-order valence-electron chi connectivity index (χ0n) is 12.0. The number of rotatable bonds is 8. The van der Waals surface area contributed by atoms with E-state index in [9.17, 15) is 12.8 Å². The van der Waals surface area contributed by atoms with E-state index >= 15 is 0 Å². The second kappa shape index (κ2) is 7.06. The van der Waals surface area contributed by atoms with Crippen LogP contribution >= 0.6 is 0 Å². The number of halogens is 1. The maximum Gasteiger partial charge on any atom is 0.240 e. The van der Waals surface area contributed by atoms with E-state index in [0.717, 1.165) is 12.8 Å². The van der Waals surface area contributed by atoms with Crippen molar-refractivity contribution in [2.24, 2.45) is 5.11 Å². The van der Waals surface area contributed by atoms with Gasteiger partial charge in [-0.1, -0.05) is 17.2 Å². The summed E-state index contributed by atoms with van der Waals surface area (Å²) in [7, 11) is -2.15. The molecule has 2 rings (SSSR count).